The zero-order chi connectivity index (χ0) is 12.7. The van der Waals surface area contributed by atoms with E-state index in [4.69, 9.17) is 9.47 Å². The van der Waals surface area contributed by atoms with Gasteiger partial charge in [-0.3, -0.25) is 9.63 Å². The highest BCUT2D eigenvalue weighted by Crippen LogP contribution is 2.27. The van der Waals surface area contributed by atoms with Crippen LogP contribution in [-0.4, -0.2) is 26.7 Å². The smallest absolute Gasteiger partial charge is 0.274 e. The molecule has 0 fully saturated rings. The third kappa shape index (κ3) is 3.49. The monoisotopic (exact) mass is 237 g/mol. The molecule has 92 valence electrons. The molecule has 0 heterocycles. The van der Waals surface area contributed by atoms with Crippen molar-refractivity contribution in [1.29, 1.82) is 0 Å². The summed E-state index contributed by atoms with van der Waals surface area (Å²) in [6, 6.07) is 4.86. The molecular weight excluding hydrogens is 222 g/mol. The summed E-state index contributed by atoms with van der Waals surface area (Å²) in [4.78, 5) is 16.0. The number of hydrogen-bond donors (Lipinski definition) is 1. The van der Waals surface area contributed by atoms with Crippen LogP contribution in [0.25, 0.3) is 0 Å². The van der Waals surface area contributed by atoms with Crippen molar-refractivity contribution in [3.63, 3.8) is 0 Å². The Kier molecular flexibility index (Phi) is 5.03. The molecule has 0 aliphatic rings. The highest BCUT2D eigenvalue weighted by atomic mass is 16.6. The number of rotatable bonds is 6. The van der Waals surface area contributed by atoms with Gasteiger partial charge in [0.05, 0.1) is 14.2 Å². The van der Waals surface area contributed by atoms with E-state index in [9.17, 15) is 4.79 Å². The van der Waals surface area contributed by atoms with Crippen molar-refractivity contribution >= 4 is 5.91 Å². The van der Waals surface area contributed by atoms with Crippen LogP contribution in [0.4, 0.5) is 0 Å². The molecule has 0 unspecified atom stereocenters. The van der Waals surface area contributed by atoms with Crippen LogP contribution in [0.15, 0.2) is 30.9 Å². The van der Waals surface area contributed by atoms with Crippen molar-refractivity contribution in [2.75, 3.05) is 20.8 Å². The molecule has 0 aliphatic carbocycles. The number of amides is 1. The second-order valence-corrected chi connectivity index (χ2v) is 3.10. The van der Waals surface area contributed by atoms with Gasteiger partial charge in [-0.1, -0.05) is 12.7 Å². The van der Waals surface area contributed by atoms with E-state index in [0.717, 1.165) is 0 Å². The standard InChI is InChI=1S/C12H15NO4/c1-4-7-17-10-6-5-9(8-11(10)15-2)12(14)13-16-3/h4-6,8H,1,7H2,2-3H3,(H,13,14). The molecule has 0 aliphatic heterocycles. The van der Waals surface area contributed by atoms with E-state index in [1.165, 1.54) is 14.2 Å². The maximum Gasteiger partial charge on any atom is 0.274 e. The van der Waals surface area contributed by atoms with Crippen LogP contribution in [0.2, 0.25) is 0 Å². The summed E-state index contributed by atoms with van der Waals surface area (Å²) in [6.45, 7) is 3.93. The number of carbonyl (C=O) groups excluding carboxylic acids is 1. The molecule has 0 saturated carbocycles. The Bertz CT molecular complexity index is 403. The molecule has 0 radical (unpaired) electrons. The Labute approximate surface area is 99.9 Å². The zero-order valence-corrected chi connectivity index (χ0v) is 9.86. The summed E-state index contributed by atoms with van der Waals surface area (Å²) in [5.41, 5.74) is 2.65. The molecule has 0 aromatic heterocycles. The molecule has 1 aromatic carbocycles. The van der Waals surface area contributed by atoms with E-state index in [-0.39, 0.29) is 5.91 Å². The number of methoxy groups -OCH3 is 1. The minimum absolute atomic E-state index is 0.346. The molecule has 0 saturated heterocycles. The van der Waals surface area contributed by atoms with Crippen LogP contribution in [0.5, 0.6) is 11.5 Å². The first-order chi connectivity index (χ1) is 8.22. The largest absolute Gasteiger partial charge is 0.493 e. The molecule has 5 nitrogen and oxygen atoms in total. The Morgan fingerprint density at radius 2 is 2.18 bits per heavy atom. The first-order valence-corrected chi connectivity index (χ1v) is 4.98. The van der Waals surface area contributed by atoms with Crippen molar-refractivity contribution < 1.29 is 19.1 Å². The van der Waals surface area contributed by atoms with Gasteiger partial charge in [-0.05, 0) is 18.2 Å². The summed E-state index contributed by atoms with van der Waals surface area (Å²) in [7, 11) is 2.88. The molecule has 1 N–H and O–H groups in total. The van der Waals surface area contributed by atoms with Gasteiger partial charge in [-0.25, -0.2) is 5.48 Å². The molecule has 1 rings (SSSR count). The third-order valence-electron chi connectivity index (χ3n) is 1.98. The number of hydroxylamine groups is 1. The normalized spacial score (nSPS) is 9.53. The average molecular weight is 237 g/mol. The fourth-order valence-corrected chi connectivity index (χ4v) is 1.23. The van der Waals surface area contributed by atoms with Crippen molar-refractivity contribution in [2.24, 2.45) is 0 Å². The lowest BCUT2D eigenvalue weighted by Gasteiger charge is -2.10. The van der Waals surface area contributed by atoms with Gasteiger partial charge in [0.15, 0.2) is 11.5 Å². The maximum atomic E-state index is 11.5. The summed E-state index contributed by atoms with van der Waals surface area (Å²) >= 11 is 0. The van der Waals surface area contributed by atoms with Gasteiger partial charge in [0.25, 0.3) is 5.91 Å². The lowest BCUT2D eigenvalue weighted by molar-refractivity contribution is 0.0537. The number of carbonyl (C=O) groups is 1. The molecule has 0 spiro atoms. The predicted molar refractivity (Wildman–Crippen MR) is 63.2 cm³/mol. The van der Waals surface area contributed by atoms with Crippen LogP contribution < -0.4 is 15.0 Å². The summed E-state index contributed by atoms with van der Waals surface area (Å²) in [5, 5.41) is 0. The van der Waals surface area contributed by atoms with Crippen LogP contribution in [0, 0.1) is 0 Å². The summed E-state index contributed by atoms with van der Waals surface area (Å²) in [6.07, 6.45) is 1.63. The van der Waals surface area contributed by atoms with E-state index >= 15 is 0 Å². The number of hydrogen-bond acceptors (Lipinski definition) is 4. The van der Waals surface area contributed by atoms with Gasteiger partial charge in [-0.2, -0.15) is 0 Å². The highest BCUT2D eigenvalue weighted by Gasteiger charge is 2.10. The molecule has 17 heavy (non-hydrogen) atoms. The number of benzene rings is 1. The van der Waals surface area contributed by atoms with Gasteiger partial charge in [0, 0.05) is 5.56 Å². The van der Waals surface area contributed by atoms with Gasteiger partial charge >= 0.3 is 0 Å². The van der Waals surface area contributed by atoms with Crippen LogP contribution >= 0.6 is 0 Å². The lowest BCUT2D eigenvalue weighted by Crippen LogP contribution is -2.21. The van der Waals surface area contributed by atoms with E-state index < -0.39 is 0 Å². The second-order valence-electron chi connectivity index (χ2n) is 3.10. The minimum Gasteiger partial charge on any atom is -0.493 e. The first-order valence-electron chi connectivity index (χ1n) is 4.98. The Morgan fingerprint density at radius 3 is 2.76 bits per heavy atom. The molecule has 0 bridgehead atoms. The predicted octanol–water partition coefficient (Wildman–Crippen LogP) is 1.55. The molecule has 1 aromatic rings. The van der Waals surface area contributed by atoms with E-state index in [0.29, 0.717) is 23.7 Å². The van der Waals surface area contributed by atoms with Crippen molar-refractivity contribution in [1.82, 2.24) is 5.48 Å². The average Bonchev–Trinajstić information content (AvgIpc) is 2.36. The van der Waals surface area contributed by atoms with Crippen molar-refractivity contribution in [3.05, 3.63) is 36.4 Å². The van der Waals surface area contributed by atoms with Gasteiger partial charge in [0.1, 0.15) is 6.61 Å². The summed E-state index contributed by atoms with van der Waals surface area (Å²) in [5.74, 6) is 0.693. The Balaban J connectivity index is 2.91. The fraction of sp³-hybridized carbons (Fsp3) is 0.250. The van der Waals surface area contributed by atoms with Gasteiger partial charge < -0.3 is 9.47 Å². The van der Waals surface area contributed by atoms with Gasteiger partial charge in [-0.15, -0.1) is 0 Å². The highest BCUT2D eigenvalue weighted by molar-refractivity contribution is 5.94. The fourth-order valence-electron chi connectivity index (χ4n) is 1.23. The topological polar surface area (TPSA) is 56.8 Å². The molecule has 5 heteroatoms. The first kappa shape index (κ1) is 13.1. The number of ether oxygens (including phenoxy) is 2. The molecule has 0 atom stereocenters. The SMILES string of the molecule is C=CCOc1ccc(C(=O)NOC)cc1OC. The summed E-state index contributed by atoms with van der Waals surface area (Å²) < 4.78 is 10.5. The van der Waals surface area contributed by atoms with Crippen molar-refractivity contribution in [2.45, 2.75) is 0 Å². The van der Waals surface area contributed by atoms with Gasteiger partial charge in [0.2, 0.25) is 0 Å². The van der Waals surface area contributed by atoms with E-state index in [2.05, 4.69) is 16.9 Å². The van der Waals surface area contributed by atoms with Crippen molar-refractivity contribution in [3.8, 4) is 11.5 Å². The van der Waals surface area contributed by atoms with Crippen LogP contribution in [0.1, 0.15) is 10.4 Å². The maximum absolute atomic E-state index is 11.5. The van der Waals surface area contributed by atoms with Crippen LogP contribution in [0.3, 0.4) is 0 Å². The number of nitrogens with one attached hydrogen (secondary N) is 1. The third-order valence-corrected chi connectivity index (χ3v) is 1.98. The van der Waals surface area contributed by atoms with E-state index in [1.54, 1.807) is 24.3 Å². The molecular formula is C12H15NO4. The zero-order valence-electron chi connectivity index (χ0n) is 9.86. The second kappa shape index (κ2) is 6.55. The minimum atomic E-state index is -0.346. The molecule has 1 amide bonds. The Hall–Kier alpha value is -2.01. The van der Waals surface area contributed by atoms with E-state index in [1.807, 2.05) is 0 Å². The van der Waals surface area contributed by atoms with Crippen LogP contribution in [-0.2, 0) is 4.84 Å². The lowest BCUT2D eigenvalue weighted by atomic mass is 10.2. The Morgan fingerprint density at radius 1 is 1.41 bits per heavy atom. The quantitative estimate of drug-likeness (QED) is 0.602.